The number of amides is 1. The van der Waals surface area contributed by atoms with Crippen LogP contribution in [-0.4, -0.2) is 18.7 Å². The van der Waals surface area contributed by atoms with Crippen LogP contribution in [0.25, 0.3) is 0 Å². The fraction of sp³-hybridized carbons (Fsp3) is 0.278. The number of nitrogen functional groups attached to an aromatic ring is 1. The SMILES string of the molecule is CSCc1cc(C(=O)N2CCCc3c(N)cccc32)ccc1F. The second-order valence-electron chi connectivity index (χ2n) is 5.64. The summed E-state index contributed by atoms with van der Waals surface area (Å²) in [6.07, 6.45) is 3.68. The van der Waals surface area contributed by atoms with Crippen molar-refractivity contribution in [1.29, 1.82) is 0 Å². The van der Waals surface area contributed by atoms with Crippen molar-refractivity contribution in [3.8, 4) is 0 Å². The van der Waals surface area contributed by atoms with Gasteiger partial charge in [-0.1, -0.05) is 6.07 Å². The highest BCUT2D eigenvalue weighted by atomic mass is 32.2. The zero-order valence-electron chi connectivity index (χ0n) is 13.0. The van der Waals surface area contributed by atoms with E-state index in [1.807, 2.05) is 24.5 Å². The number of halogens is 1. The number of thioether (sulfide) groups is 1. The van der Waals surface area contributed by atoms with Crippen LogP contribution in [0, 0.1) is 5.82 Å². The number of nitrogens with two attached hydrogens (primary N) is 1. The molecule has 1 aliphatic heterocycles. The number of nitrogens with zero attached hydrogens (tertiary/aromatic N) is 1. The molecular weight excluding hydrogens is 311 g/mol. The number of rotatable bonds is 3. The Labute approximate surface area is 139 Å². The first-order chi connectivity index (χ1) is 11.1. The zero-order chi connectivity index (χ0) is 16.4. The molecule has 0 aromatic heterocycles. The average Bonchev–Trinajstić information content (AvgIpc) is 2.56. The Balaban J connectivity index is 1.96. The smallest absolute Gasteiger partial charge is 0.258 e. The molecule has 2 N–H and O–H groups in total. The van der Waals surface area contributed by atoms with E-state index in [-0.39, 0.29) is 11.7 Å². The fourth-order valence-corrected chi connectivity index (χ4v) is 3.52. The summed E-state index contributed by atoms with van der Waals surface area (Å²) in [7, 11) is 0. The van der Waals surface area contributed by atoms with Crippen molar-refractivity contribution in [3.05, 3.63) is 58.9 Å². The van der Waals surface area contributed by atoms with E-state index in [4.69, 9.17) is 5.73 Å². The van der Waals surface area contributed by atoms with Crippen molar-refractivity contribution in [1.82, 2.24) is 0 Å². The molecule has 0 saturated heterocycles. The number of fused-ring (bicyclic) bond motifs is 1. The number of carbonyl (C=O) groups excluding carboxylic acids is 1. The van der Waals surface area contributed by atoms with E-state index in [1.165, 1.54) is 17.8 Å². The minimum Gasteiger partial charge on any atom is -0.398 e. The highest BCUT2D eigenvalue weighted by molar-refractivity contribution is 7.97. The molecule has 0 saturated carbocycles. The molecule has 2 aromatic rings. The van der Waals surface area contributed by atoms with Crippen LogP contribution in [0.15, 0.2) is 36.4 Å². The van der Waals surface area contributed by atoms with Crippen LogP contribution in [0.2, 0.25) is 0 Å². The normalized spacial score (nSPS) is 13.7. The van der Waals surface area contributed by atoms with Gasteiger partial charge in [0.15, 0.2) is 0 Å². The van der Waals surface area contributed by atoms with Gasteiger partial charge in [0.1, 0.15) is 5.82 Å². The van der Waals surface area contributed by atoms with E-state index in [1.54, 1.807) is 17.0 Å². The van der Waals surface area contributed by atoms with E-state index >= 15 is 0 Å². The summed E-state index contributed by atoms with van der Waals surface area (Å²) >= 11 is 1.53. The van der Waals surface area contributed by atoms with Crippen molar-refractivity contribution < 1.29 is 9.18 Å². The van der Waals surface area contributed by atoms with Crippen molar-refractivity contribution >= 4 is 29.0 Å². The van der Waals surface area contributed by atoms with Gasteiger partial charge in [-0.3, -0.25) is 4.79 Å². The lowest BCUT2D eigenvalue weighted by atomic mass is 9.99. The number of benzene rings is 2. The summed E-state index contributed by atoms with van der Waals surface area (Å²) in [5.74, 6) is 0.189. The Bertz CT molecular complexity index is 748. The van der Waals surface area contributed by atoms with E-state index in [0.29, 0.717) is 23.4 Å². The van der Waals surface area contributed by atoms with Crippen molar-refractivity contribution in [2.75, 3.05) is 23.4 Å². The molecule has 1 amide bonds. The predicted octanol–water partition coefficient (Wildman–Crippen LogP) is 3.86. The summed E-state index contributed by atoms with van der Waals surface area (Å²) in [5, 5.41) is 0. The van der Waals surface area contributed by atoms with Gasteiger partial charge >= 0.3 is 0 Å². The van der Waals surface area contributed by atoms with Crippen molar-refractivity contribution in [2.24, 2.45) is 0 Å². The largest absolute Gasteiger partial charge is 0.398 e. The highest BCUT2D eigenvalue weighted by Gasteiger charge is 2.25. The van der Waals surface area contributed by atoms with Crippen molar-refractivity contribution in [2.45, 2.75) is 18.6 Å². The minimum atomic E-state index is -0.265. The quantitative estimate of drug-likeness (QED) is 0.869. The molecule has 5 heteroatoms. The zero-order valence-corrected chi connectivity index (χ0v) is 13.8. The van der Waals surface area contributed by atoms with Crippen LogP contribution in [0.1, 0.15) is 27.9 Å². The number of hydrogen-bond acceptors (Lipinski definition) is 3. The molecule has 0 atom stereocenters. The molecule has 2 aromatic carbocycles. The van der Waals surface area contributed by atoms with Gasteiger partial charge in [0.05, 0.1) is 0 Å². The molecule has 0 radical (unpaired) electrons. The summed E-state index contributed by atoms with van der Waals surface area (Å²) in [5.41, 5.74) is 9.74. The molecule has 1 aliphatic rings. The Kier molecular flexibility index (Phi) is 4.57. The van der Waals surface area contributed by atoms with Gasteiger partial charge in [-0.15, -0.1) is 0 Å². The lowest BCUT2D eigenvalue weighted by molar-refractivity contribution is 0.0985. The third-order valence-electron chi connectivity index (χ3n) is 4.12. The summed E-state index contributed by atoms with van der Waals surface area (Å²) < 4.78 is 13.8. The lowest BCUT2D eigenvalue weighted by Crippen LogP contribution is -2.35. The standard InChI is InChI=1S/C18H19FN2OS/c1-23-11-13-10-12(7-8-15(13)19)18(22)21-9-3-4-14-16(20)5-2-6-17(14)21/h2,5-8,10H,3-4,9,11,20H2,1H3. The van der Waals surface area contributed by atoms with Gasteiger partial charge < -0.3 is 10.6 Å². The Morgan fingerprint density at radius 2 is 2.17 bits per heavy atom. The molecule has 0 spiro atoms. The molecule has 3 rings (SSSR count). The van der Waals surface area contributed by atoms with Gasteiger partial charge in [-0.05, 0) is 60.6 Å². The predicted molar refractivity (Wildman–Crippen MR) is 94.5 cm³/mol. The Morgan fingerprint density at radius 1 is 1.35 bits per heavy atom. The monoisotopic (exact) mass is 330 g/mol. The maximum atomic E-state index is 13.8. The molecule has 23 heavy (non-hydrogen) atoms. The van der Waals surface area contributed by atoms with E-state index in [0.717, 1.165) is 29.8 Å². The molecule has 3 nitrogen and oxygen atoms in total. The van der Waals surface area contributed by atoms with Gasteiger partial charge in [0, 0.05) is 29.2 Å². The first-order valence-corrected chi connectivity index (χ1v) is 8.98. The maximum Gasteiger partial charge on any atom is 0.258 e. The summed E-state index contributed by atoms with van der Waals surface area (Å²) in [4.78, 5) is 14.7. The second-order valence-corrected chi connectivity index (χ2v) is 6.51. The minimum absolute atomic E-state index is 0.0982. The molecule has 0 aliphatic carbocycles. The number of hydrogen-bond donors (Lipinski definition) is 1. The number of carbonyl (C=O) groups is 1. The van der Waals surface area contributed by atoms with Crippen LogP contribution in [0.5, 0.6) is 0 Å². The van der Waals surface area contributed by atoms with E-state index in [9.17, 15) is 9.18 Å². The average molecular weight is 330 g/mol. The Morgan fingerprint density at radius 3 is 2.96 bits per heavy atom. The molecule has 120 valence electrons. The van der Waals surface area contributed by atoms with Crippen LogP contribution < -0.4 is 10.6 Å². The van der Waals surface area contributed by atoms with Crippen LogP contribution in [-0.2, 0) is 12.2 Å². The third kappa shape index (κ3) is 3.06. The van der Waals surface area contributed by atoms with Gasteiger partial charge in [0.2, 0.25) is 0 Å². The van der Waals surface area contributed by atoms with Crippen LogP contribution >= 0.6 is 11.8 Å². The molecule has 0 fully saturated rings. The first-order valence-electron chi connectivity index (χ1n) is 7.58. The summed E-state index contributed by atoms with van der Waals surface area (Å²) in [6, 6.07) is 10.2. The fourth-order valence-electron chi connectivity index (χ4n) is 2.99. The first kappa shape index (κ1) is 15.9. The molecule has 1 heterocycles. The molecular formula is C18H19FN2OS. The lowest BCUT2D eigenvalue weighted by Gasteiger charge is -2.30. The third-order valence-corrected chi connectivity index (χ3v) is 4.72. The van der Waals surface area contributed by atoms with Crippen molar-refractivity contribution in [3.63, 3.8) is 0 Å². The van der Waals surface area contributed by atoms with Crippen LogP contribution in [0.4, 0.5) is 15.8 Å². The topological polar surface area (TPSA) is 46.3 Å². The number of anilines is 2. The van der Waals surface area contributed by atoms with Crippen LogP contribution in [0.3, 0.4) is 0 Å². The van der Waals surface area contributed by atoms with E-state index in [2.05, 4.69) is 0 Å². The highest BCUT2D eigenvalue weighted by Crippen LogP contribution is 2.32. The van der Waals surface area contributed by atoms with E-state index < -0.39 is 0 Å². The second kappa shape index (κ2) is 6.62. The van der Waals surface area contributed by atoms with Gasteiger partial charge in [-0.25, -0.2) is 4.39 Å². The molecule has 0 bridgehead atoms. The summed E-state index contributed by atoms with van der Waals surface area (Å²) in [6.45, 7) is 0.657. The molecule has 0 unspecified atom stereocenters. The van der Waals surface area contributed by atoms with Gasteiger partial charge in [0.25, 0.3) is 5.91 Å². The van der Waals surface area contributed by atoms with Gasteiger partial charge in [-0.2, -0.15) is 11.8 Å². The maximum absolute atomic E-state index is 13.8. The Hall–Kier alpha value is -2.01.